The van der Waals surface area contributed by atoms with Crippen molar-refractivity contribution in [3.63, 3.8) is 0 Å². The normalized spacial score (nSPS) is 17.3. The van der Waals surface area contributed by atoms with E-state index in [0.29, 0.717) is 35.1 Å². The maximum absolute atomic E-state index is 13.3. The average molecular weight is 526 g/mol. The molecule has 2 aromatic carbocycles. The molecule has 39 heavy (non-hydrogen) atoms. The fraction of sp³-hybridized carbons (Fsp3) is 0.400. The van der Waals surface area contributed by atoms with E-state index in [4.69, 9.17) is 0 Å². The summed E-state index contributed by atoms with van der Waals surface area (Å²) >= 11 is 0. The fourth-order valence-corrected chi connectivity index (χ4v) is 5.29. The van der Waals surface area contributed by atoms with Gasteiger partial charge in [-0.3, -0.25) is 19.3 Å². The minimum Gasteiger partial charge on any atom is -0.289 e. The Morgan fingerprint density at radius 2 is 1.59 bits per heavy atom. The average Bonchev–Trinajstić information content (AvgIpc) is 3.25. The van der Waals surface area contributed by atoms with Crippen molar-refractivity contribution in [3.8, 4) is 0 Å². The molecule has 1 heterocycles. The molecule has 1 aliphatic rings. The van der Waals surface area contributed by atoms with Crippen LogP contribution in [0.25, 0.3) is 0 Å². The van der Waals surface area contributed by atoms with E-state index in [1.807, 2.05) is 18.2 Å². The van der Waals surface area contributed by atoms with E-state index in [1.165, 1.54) is 4.90 Å². The molecular formula is C35H43NO3. The second kappa shape index (κ2) is 15.8. The summed E-state index contributed by atoms with van der Waals surface area (Å²) in [5.41, 5.74) is 1.68. The SMILES string of the molecule is C=CC(CC/C=C/CC)CC(C/C=C\CC)CCC1CC(=O)N(c2ccc(C(=O)c3ccccc3)cc2)C1=O. The van der Waals surface area contributed by atoms with Crippen LogP contribution in [0.3, 0.4) is 0 Å². The third kappa shape index (κ3) is 8.74. The molecule has 2 aromatic rings. The first-order chi connectivity index (χ1) is 19.0. The van der Waals surface area contributed by atoms with E-state index < -0.39 is 0 Å². The lowest BCUT2D eigenvalue weighted by atomic mass is 9.84. The molecule has 3 unspecified atom stereocenters. The fourth-order valence-electron chi connectivity index (χ4n) is 5.29. The van der Waals surface area contributed by atoms with E-state index in [0.717, 1.165) is 44.9 Å². The predicted octanol–water partition coefficient (Wildman–Crippen LogP) is 8.49. The lowest BCUT2D eigenvalue weighted by molar-refractivity contribution is -0.122. The highest BCUT2D eigenvalue weighted by atomic mass is 16.2. The quantitative estimate of drug-likeness (QED) is 0.125. The van der Waals surface area contributed by atoms with Crippen molar-refractivity contribution in [1.82, 2.24) is 0 Å². The third-order valence-electron chi connectivity index (χ3n) is 7.53. The van der Waals surface area contributed by atoms with E-state index >= 15 is 0 Å². The molecule has 4 nitrogen and oxygen atoms in total. The van der Waals surface area contributed by atoms with Gasteiger partial charge in [-0.1, -0.05) is 74.6 Å². The Kier molecular flexibility index (Phi) is 12.1. The first kappa shape index (κ1) is 30.0. The summed E-state index contributed by atoms with van der Waals surface area (Å²) in [6.07, 6.45) is 19.1. The van der Waals surface area contributed by atoms with Gasteiger partial charge in [0, 0.05) is 23.5 Å². The van der Waals surface area contributed by atoms with E-state index in [9.17, 15) is 14.4 Å². The molecule has 2 amide bonds. The van der Waals surface area contributed by atoms with Crippen LogP contribution in [0.4, 0.5) is 5.69 Å². The summed E-state index contributed by atoms with van der Waals surface area (Å²) in [6.45, 7) is 8.37. The van der Waals surface area contributed by atoms with Crippen molar-refractivity contribution in [2.45, 2.75) is 71.6 Å². The number of amides is 2. The summed E-state index contributed by atoms with van der Waals surface area (Å²) in [4.78, 5) is 40.2. The largest absolute Gasteiger partial charge is 0.289 e. The number of imide groups is 1. The van der Waals surface area contributed by atoms with Gasteiger partial charge in [-0.15, -0.1) is 6.58 Å². The van der Waals surface area contributed by atoms with Crippen molar-refractivity contribution in [3.05, 3.63) is 103 Å². The molecule has 0 aromatic heterocycles. The Hall–Kier alpha value is -3.53. The molecule has 3 rings (SSSR count). The summed E-state index contributed by atoms with van der Waals surface area (Å²) < 4.78 is 0. The lowest BCUT2D eigenvalue weighted by Gasteiger charge is -2.21. The number of ketones is 1. The van der Waals surface area contributed by atoms with Crippen molar-refractivity contribution >= 4 is 23.3 Å². The molecule has 206 valence electrons. The van der Waals surface area contributed by atoms with Crippen LogP contribution in [-0.2, 0) is 9.59 Å². The molecule has 0 aliphatic carbocycles. The van der Waals surface area contributed by atoms with Crippen LogP contribution in [0.15, 0.2) is 91.6 Å². The van der Waals surface area contributed by atoms with Gasteiger partial charge in [0.05, 0.1) is 5.69 Å². The Morgan fingerprint density at radius 1 is 0.923 bits per heavy atom. The molecule has 0 N–H and O–H groups in total. The van der Waals surface area contributed by atoms with Crippen LogP contribution < -0.4 is 4.90 Å². The minimum atomic E-state index is -0.296. The van der Waals surface area contributed by atoms with Crippen LogP contribution in [0.1, 0.15) is 87.6 Å². The van der Waals surface area contributed by atoms with E-state index in [2.05, 4.69) is 50.8 Å². The van der Waals surface area contributed by atoms with Gasteiger partial charge in [0.15, 0.2) is 5.78 Å². The van der Waals surface area contributed by atoms with Crippen LogP contribution in [0.2, 0.25) is 0 Å². The van der Waals surface area contributed by atoms with Gasteiger partial charge >= 0.3 is 0 Å². The maximum Gasteiger partial charge on any atom is 0.237 e. The zero-order valence-corrected chi connectivity index (χ0v) is 23.6. The molecular weight excluding hydrogens is 482 g/mol. The highest BCUT2D eigenvalue weighted by molar-refractivity contribution is 6.21. The molecule has 0 bridgehead atoms. The molecule has 1 saturated heterocycles. The summed E-state index contributed by atoms with van der Waals surface area (Å²) in [5, 5.41) is 0. The molecule has 3 atom stereocenters. The van der Waals surface area contributed by atoms with Gasteiger partial charge < -0.3 is 0 Å². The number of anilines is 1. The first-order valence-corrected chi connectivity index (χ1v) is 14.5. The minimum absolute atomic E-state index is 0.0820. The van der Waals surface area contributed by atoms with E-state index in [-0.39, 0.29) is 29.9 Å². The van der Waals surface area contributed by atoms with Gasteiger partial charge in [-0.05, 0) is 87.5 Å². The number of carbonyl (C=O) groups excluding carboxylic acids is 3. The molecule has 4 heteroatoms. The van der Waals surface area contributed by atoms with Gasteiger partial charge in [0.2, 0.25) is 11.8 Å². The monoisotopic (exact) mass is 525 g/mol. The van der Waals surface area contributed by atoms with Gasteiger partial charge in [-0.2, -0.15) is 0 Å². The third-order valence-corrected chi connectivity index (χ3v) is 7.53. The number of nitrogens with zero attached hydrogens (tertiary/aromatic N) is 1. The van der Waals surface area contributed by atoms with Crippen molar-refractivity contribution in [2.24, 2.45) is 17.8 Å². The molecule has 1 aliphatic heterocycles. The summed E-state index contributed by atoms with van der Waals surface area (Å²) in [6, 6.07) is 15.9. The van der Waals surface area contributed by atoms with Crippen LogP contribution in [0.5, 0.6) is 0 Å². The number of rotatable bonds is 16. The Morgan fingerprint density at radius 3 is 2.26 bits per heavy atom. The highest BCUT2D eigenvalue weighted by Crippen LogP contribution is 2.33. The Balaban J connectivity index is 1.62. The number of carbonyl (C=O) groups is 3. The topological polar surface area (TPSA) is 54.5 Å². The van der Waals surface area contributed by atoms with Crippen molar-refractivity contribution in [2.75, 3.05) is 4.90 Å². The number of benzene rings is 2. The van der Waals surface area contributed by atoms with Crippen molar-refractivity contribution in [1.29, 1.82) is 0 Å². The summed E-state index contributed by atoms with van der Waals surface area (Å²) in [7, 11) is 0. The Bertz CT molecular complexity index is 1150. The second-order valence-corrected chi connectivity index (χ2v) is 10.5. The predicted molar refractivity (Wildman–Crippen MR) is 161 cm³/mol. The van der Waals surface area contributed by atoms with Crippen LogP contribution in [0, 0.1) is 17.8 Å². The number of allylic oxidation sites excluding steroid dienone is 5. The standard InChI is InChI=1S/C35H43NO3/c1-4-7-9-12-15-27(6-3)25-28(16-11-8-5-2)19-20-31-26-33(37)36(35(31)39)32-23-21-30(22-24-32)34(38)29-17-13-10-14-18-29/h6-11,13-14,17-18,21-24,27-28,31H,3-5,12,15-16,19-20,25-26H2,1-2H3/b9-7+,11-8-. The molecule has 1 fully saturated rings. The number of hydrogen-bond donors (Lipinski definition) is 0. The summed E-state index contributed by atoms with van der Waals surface area (Å²) in [5.74, 6) is 0.223. The highest BCUT2D eigenvalue weighted by Gasteiger charge is 2.39. The van der Waals surface area contributed by atoms with E-state index in [1.54, 1.807) is 36.4 Å². The molecule has 0 radical (unpaired) electrons. The Labute approximate surface area is 234 Å². The van der Waals surface area contributed by atoms with Crippen LogP contribution >= 0.6 is 0 Å². The van der Waals surface area contributed by atoms with Gasteiger partial charge in [-0.25, -0.2) is 0 Å². The van der Waals surface area contributed by atoms with Gasteiger partial charge in [0.25, 0.3) is 0 Å². The second-order valence-electron chi connectivity index (χ2n) is 10.5. The zero-order valence-electron chi connectivity index (χ0n) is 23.6. The molecule has 0 spiro atoms. The first-order valence-electron chi connectivity index (χ1n) is 14.5. The van der Waals surface area contributed by atoms with Gasteiger partial charge in [0.1, 0.15) is 0 Å². The zero-order chi connectivity index (χ0) is 28.0. The smallest absolute Gasteiger partial charge is 0.237 e. The number of hydrogen-bond acceptors (Lipinski definition) is 3. The maximum atomic E-state index is 13.3. The van der Waals surface area contributed by atoms with Crippen molar-refractivity contribution < 1.29 is 14.4 Å². The molecule has 0 saturated carbocycles. The van der Waals surface area contributed by atoms with Crippen LogP contribution in [-0.4, -0.2) is 17.6 Å². The lowest BCUT2D eigenvalue weighted by Crippen LogP contribution is -2.30.